The monoisotopic (exact) mass is 280 g/mol. The summed E-state index contributed by atoms with van der Waals surface area (Å²) in [6.45, 7) is 0.508. The van der Waals surface area contributed by atoms with E-state index in [9.17, 15) is 4.79 Å². The fourth-order valence-electron chi connectivity index (χ4n) is 2.36. The lowest BCUT2D eigenvalue weighted by Crippen LogP contribution is -2.26. The second kappa shape index (κ2) is 5.71. The van der Waals surface area contributed by atoms with Gasteiger partial charge in [-0.15, -0.1) is 0 Å². The summed E-state index contributed by atoms with van der Waals surface area (Å²) in [5.74, 6) is 0.651. The van der Waals surface area contributed by atoms with Crippen LogP contribution in [0.1, 0.15) is 0 Å². The second-order valence-corrected chi connectivity index (χ2v) is 4.76. The molecule has 4 heteroatoms. The molecule has 0 unspecified atom stereocenters. The fourth-order valence-corrected chi connectivity index (χ4v) is 2.36. The van der Waals surface area contributed by atoms with Crippen LogP contribution in [0.15, 0.2) is 66.4 Å². The lowest BCUT2D eigenvalue weighted by Gasteiger charge is -2.19. The molecule has 3 rings (SSSR count). The number of carbonyl (C=O) groups excluding carboxylic acids is 1. The summed E-state index contributed by atoms with van der Waals surface area (Å²) >= 11 is 0. The molecule has 106 valence electrons. The number of nitrogens with zero attached hydrogens (tertiary/aromatic N) is 1. The number of ether oxygens (including phenoxy) is 1. The first-order valence-electron chi connectivity index (χ1n) is 6.75. The van der Waals surface area contributed by atoms with Crippen LogP contribution in [0.2, 0.25) is 0 Å². The number of carbonyl (C=O) groups is 1. The molecular formula is C17H16N2O2. The highest BCUT2D eigenvalue weighted by Gasteiger charge is 2.25. The van der Waals surface area contributed by atoms with Crippen molar-refractivity contribution >= 4 is 17.3 Å². The molecule has 1 aliphatic heterocycles. The van der Waals surface area contributed by atoms with Gasteiger partial charge in [-0.05, 0) is 24.3 Å². The van der Waals surface area contributed by atoms with Gasteiger partial charge in [-0.1, -0.05) is 30.3 Å². The van der Waals surface area contributed by atoms with Gasteiger partial charge in [0.15, 0.2) is 0 Å². The van der Waals surface area contributed by atoms with Crippen molar-refractivity contribution in [3.05, 3.63) is 66.4 Å². The number of benzene rings is 2. The Bertz CT molecular complexity index is 680. The first kappa shape index (κ1) is 13.2. The number of hydrogen-bond donors (Lipinski definition) is 1. The van der Waals surface area contributed by atoms with Crippen LogP contribution in [0.5, 0.6) is 5.75 Å². The molecule has 0 atom stereocenters. The van der Waals surface area contributed by atoms with Crippen molar-refractivity contribution in [3.63, 3.8) is 0 Å². The minimum atomic E-state index is -0.0436. The summed E-state index contributed by atoms with van der Waals surface area (Å²) in [5.41, 5.74) is 2.63. The standard InChI is InChI=1S/C17H16N2O2/c1-21-16-10-6-5-9-15(16)19-12-14(11-17(19)20)18-13-7-3-2-4-8-13/h2-11,18H,12H2,1H3. The highest BCUT2D eigenvalue weighted by Crippen LogP contribution is 2.30. The number of nitrogens with one attached hydrogen (secondary N) is 1. The Morgan fingerprint density at radius 1 is 1.05 bits per heavy atom. The van der Waals surface area contributed by atoms with Gasteiger partial charge < -0.3 is 10.1 Å². The Morgan fingerprint density at radius 2 is 1.76 bits per heavy atom. The van der Waals surface area contributed by atoms with Crippen molar-refractivity contribution in [2.24, 2.45) is 0 Å². The van der Waals surface area contributed by atoms with Crippen LogP contribution in [-0.2, 0) is 4.79 Å². The van der Waals surface area contributed by atoms with Crippen molar-refractivity contribution < 1.29 is 9.53 Å². The smallest absolute Gasteiger partial charge is 0.253 e. The molecule has 0 saturated carbocycles. The third-order valence-corrected chi connectivity index (χ3v) is 3.35. The van der Waals surface area contributed by atoms with Crippen molar-refractivity contribution in [1.29, 1.82) is 0 Å². The van der Waals surface area contributed by atoms with Gasteiger partial charge in [-0.3, -0.25) is 9.69 Å². The molecule has 1 heterocycles. The minimum absolute atomic E-state index is 0.0436. The molecule has 2 aromatic rings. The third kappa shape index (κ3) is 2.74. The SMILES string of the molecule is COc1ccccc1N1CC(Nc2ccccc2)=CC1=O. The molecule has 4 nitrogen and oxygen atoms in total. The Balaban J connectivity index is 1.79. The maximum atomic E-state index is 12.2. The first-order valence-corrected chi connectivity index (χ1v) is 6.75. The maximum Gasteiger partial charge on any atom is 0.253 e. The Morgan fingerprint density at radius 3 is 2.52 bits per heavy atom. The summed E-state index contributed by atoms with van der Waals surface area (Å²) in [6.07, 6.45) is 1.62. The molecule has 0 aliphatic carbocycles. The number of para-hydroxylation sites is 3. The zero-order chi connectivity index (χ0) is 14.7. The zero-order valence-corrected chi connectivity index (χ0v) is 11.7. The highest BCUT2D eigenvalue weighted by atomic mass is 16.5. The van der Waals surface area contributed by atoms with Crippen LogP contribution < -0.4 is 15.0 Å². The van der Waals surface area contributed by atoms with Crippen LogP contribution in [0.4, 0.5) is 11.4 Å². The lowest BCUT2D eigenvalue weighted by atomic mass is 10.2. The van der Waals surface area contributed by atoms with Crippen molar-refractivity contribution in [2.45, 2.75) is 0 Å². The van der Waals surface area contributed by atoms with Gasteiger partial charge in [0.05, 0.1) is 19.3 Å². The number of amides is 1. The van der Waals surface area contributed by atoms with Crippen molar-refractivity contribution in [1.82, 2.24) is 0 Å². The summed E-state index contributed by atoms with van der Waals surface area (Å²) in [4.78, 5) is 13.9. The van der Waals surface area contributed by atoms with E-state index in [1.54, 1.807) is 18.1 Å². The van der Waals surface area contributed by atoms with Gasteiger partial charge in [0.25, 0.3) is 5.91 Å². The minimum Gasteiger partial charge on any atom is -0.495 e. The van der Waals surface area contributed by atoms with Crippen LogP contribution in [0.3, 0.4) is 0 Å². The molecule has 1 N–H and O–H groups in total. The fraction of sp³-hybridized carbons (Fsp3) is 0.118. The van der Waals surface area contributed by atoms with Gasteiger partial charge in [0, 0.05) is 17.5 Å². The van der Waals surface area contributed by atoms with Gasteiger partial charge in [-0.25, -0.2) is 0 Å². The van der Waals surface area contributed by atoms with Gasteiger partial charge in [0.1, 0.15) is 5.75 Å². The van der Waals surface area contributed by atoms with Crippen molar-refractivity contribution in [2.75, 3.05) is 23.9 Å². The zero-order valence-electron chi connectivity index (χ0n) is 11.7. The molecule has 2 aromatic carbocycles. The largest absolute Gasteiger partial charge is 0.495 e. The Kier molecular flexibility index (Phi) is 3.60. The Labute approximate surface area is 123 Å². The van der Waals surface area contributed by atoms with Crippen LogP contribution >= 0.6 is 0 Å². The maximum absolute atomic E-state index is 12.2. The molecule has 0 spiro atoms. The van der Waals surface area contributed by atoms with Crippen LogP contribution in [0.25, 0.3) is 0 Å². The molecule has 0 radical (unpaired) electrons. The van der Waals surface area contributed by atoms with Crippen LogP contribution in [-0.4, -0.2) is 19.6 Å². The molecule has 0 fully saturated rings. The average molecular weight is 280 g/mol. The van der Waals surface area contributed by atoms with E-state index < -0.39 is 0 Å². The van der Waals surface area contributed by atoms with E-state index in [-0.39, 0.29) is 5.91 Å². The van der Waals surface area contributed by atoms with E-state index in [0.717, 1.165) is 17.1 Å². The molecule has 0 aromatic heterocycles. The summed E-state index contributed by atoms with van der Waals surface area (Å²) in [7, 11) is 1.61. The summed E-state index contributed by atoms with van der Waals surface area (Å²) in [6, 6.07) is 17.3. The van der Waals surface area contributed by atoms with E-state index >= 15 is 0 Å². The molecular weight excluding hydrogens is 264 g/mol. The van der Waals surface area contributed by atoms with Gasteiger partial charge in [0.2, 0.25) is 0 Å². The van der Waals surface area contributed by atoms with Gasteiger partial charge in [-0.2, -0.15) is 0 Å². The molecule has 1 aliphatic rings. The van der Waals surface area contributed by atoms with E-state index in [1.165, 1.54) is 0 Å². The quantitative estimate of drug-likeness (QED) is 0.936. The van der Waals surface area contributed by atoms with Gasteiger partial charge >= 0.3 is 0 Å². The second-order valence-electron chi connectivity index (χ2n) is 4.76. The number of methoxy groups -OCH3 is 1. The van der Waals surface area contributed by atoms with E-state index in [2.05, 4.69) is 5.32 Å². The molecule has 21 heavy (non-hydrogen) atoms. The van der Waals surface area contributed by atoms with Crippen LogP contribution in [0, 0.1) is 0 Å². The third-order valence-electron chi connectivity index (χ3n) is 3.35. The van der Waals surface area contributed by atoms with E-state index in [4.69, 9.17) is 4.74 Å². The first-order chi connectivity index (χ1) is 10.3. The summed E-state index contributed by atoms with van der Waals surface area (Å²) in [5, 5.41) is 3.27. The average Bonchev–Trinajstić information content (AvgIpc) is 2.88. The summed E-state index contributed by atoms with van der Waals surface area (Å²) < 4.78 is 5.32. The van der Waals surface area contributed by atoms with E-state index in [0.29, 0.717) is 12.3 Å². The van der Waals surface area contributed by atoms with E-state index in [1.807, 2.05) is 54.6 Å². The predicted octanol–water partition coefficient (Wildman–Crippen LogP) is 3.04. The number of hydrogen-bond acceptors (Lipinski definition) is 3. The number of rotatable bonds is 4. The number of anilines is 2. The topological polar surface area (TPSA) is 41.6 Å². The molecule has 0 saturated heterocycles. The predicted molar refractivity (Wildman–Crippen MR) is 83.5 cm³/mol. The Hall–Kier alpha value is -2.75. The highest BCUT2D eigenvalue weighted by molar-refractivity contribution is 6.06. The molecule has 0 bridgehead atoms. The molecule has 1 amide bonds. The normalized spacial score (nSPS) is 14.0. The van der Waals surface area contributed by atoms with Crippen molar-refractivity contribution in [3.8, 4) is 5.75 Å². The lowest BCUT2D eigenvalue weighted by molar-refractivity contribution is -0.113.